The van der Waals surface area contributed by atoms with Gasteiger partial charge in [-0.25, -0.2) is 9.97 Å². The Morgan fingerprint density at radius 1 is 1.41 bits per heavy atom. The lowest BCUT2D eigenvalue weighted by Crippen LogP contribution is -2.08. The quantitative estimate of drug-likeness (QED) is 0.766. The fourth-order valence-corrected chi connectivity index (χ4v) is 1.62. The number of hydrogen-bond donors (Lipinski definition) is 0. The molecule has 0 saturated heterocycles. The predicted molar refractivity (Wildman–Crippen MR) is 65.0 cm³/mol. The maximum absolute atomic E-state index is 8.90. The Hall–Kier alpha value is -1.86. The highest BCUT2D eigenvalue weighted by molar-refractivity contribution is 6.30. The van der Waals surface area contributed by atoms with Gasteiger partial charge < -0.3 is 4.74 Å². The van der Waals surface area contributed by atoms with Crippen LogP contribution < -0.4 is 4.74 Å². The first-order valence-corrected chi connectivity index (χ1v) is 5.51. The molecule has 0 aliphatic rings. The van der Waals surface area contributed by atoms with Crippen LogP contribution in [0.1, 0.15) is 19.5 Å². The molecular formula is C12H10ClN3O. The second-order valence-electron chi connectivity index (χ2n) is 3.82. The molecule has 0 bridgehead atoms. The van der Waals surface area contributed by atoms with Crippen LogP contribution in [0.5, 0.6) is 5.88 Å². The number of ether oxygens (including phenoxy) is 1. The monoisotopic (exact) mass is 247 g/mol. The van der Waals surface area contributed by atoms with E-state index in [1.54, 1.807) is 18.3 Å². The zero-order valence-electron chi connectivity index (χ0n) is 9.44. The van der Waals surface area contributed by atoms with Gasteiger partial charge in [0, 0.05) is 17.0 Å². The number of pyridine rings is 2. The van der Waals surface area contributed by atoms with Gasteiger partial charge in [0.2, 0.25) is 5.88 Å². The summed E-state index contributed by atoms with van der Waals surface area (Å²) in [5.41, 5.74) is 0.303. The van der Waals surface area contributed by atoms with Gasteiger partial charge in [0.1, 0.15) is 16.9 Å². The number of nitrogens with zero attached hydrogens (tertiary/aromatic N) is 3. The van der Waals surface area contributed by atoms with Gasteiger partial charge in [-0.15, -0.1) is 0 Å². The summed E-state index contributed by atoms with van der Waals surface area (Å²) in [6, 6.07) is 5.34. The van der Waals surface area contributed by atoms with Crippen LogP contribution in [0.4, 0.5) is 0 Å². The molecule has 2 aromatic heterocycles. The molecule has 0 aromatic carbocycles. The molecule has 0 amide bonds. The average molecular weight is 248 g/mol. The van der Waals surface area contributed by atoms with Crippen LogP contribution in [-0.2, 0) is 0 Å². The van der Waals surface area contributed by atoms with E-state index in [2.05, 4.69) is 9.97 Å². The number of hydrogen-bond acceptors (Lipinski definition) is 4. The van der Waals surface area contributed by atoms with Crippen LogP contribution in [0.3, 0.4) is 0 Å². The molecule has 0 atom stereocenters. The first-order valence-electron chi connectivity index (χ1n) is 5.13. The topological polar surface area (TPSA) is 58.8 Å². The zero-order valence-corrected chi connectivity index (χ0v) is 10.2. The second kappa shape index (κ2) is 4.56. The van der Waals surface area contributed by atoms with Crippen molar-refractivity contribution in [1.29, 1.82) is 5.26 Å². The van der Waals surface area contributed by atoms with Gasteiger partial charge in [-0.2, -0.15) is 5.26 Å². The van der Waals surface area contributed by atoms with E-state index >= 15 is 0 Å². The number of fused-ring (bicyclic) bond motifs is 1. The van der Waals surface area contributed by atoms with E-state index < -0.39 is 0 Å². The fourth-order valence-electron chi connectivity index (χ4n) is 1.46. The van der Waals surface area contributed by atoms with E-state index in [4.69, 9.17) is 21.6 Å². The van der Waals surface area contributed by atoms with Crippen molar-refractivity contribution >= 4 is 22.4 Å². The van der Waals surface area contributed by atoms with Crippen LogP contribution in [0.25, 0.3) is 10.8 Å². The van der Waals surface area contributed by atoms with Crippen molar-refractivity contribution in [2.24, 2.45) is 0 Å². The Balaban J connectivity index is 2.68. The van der Waals surface area contributed by atoms with Crippen molar-refractivity contribution in [1.82, 2.24) is 9.97 Å². The van der Waals surface area contributed by atoms with Gasteiger partial charge >= 0.3 is 0 Å². The lowest BCUT2D eigenvalue weighted by atomic mass is 10.2. The second-order valence-corrected chi connectivity index (χ2v) is 4.21. The fraction of sp³-hybridized carbons (Fsp3) is 0.250. The molecular weight excluding hydrogens is 238 g/mol. The Bertz CT molecular complexity index is 604. The standard InChI is InChI=1S/C12H10ClN3O/c1-7(2)17-12-10-4-11(13)15-6-8(10)3-9(5-14)16-12/h3-4,6-7H,1-2H3. The van der Waals surface area contributed by atoms with Crippen molar-refractivity contribution in [3.05, 3.63) is 29.2 Å². The van der Waals surface area contributed by atoms with Crippen molar-refractivity contribution in [3.63, 3.8) is 0 Å². The van der Waals surface area contributed by atoms with Crippen molar-refractivity contribution in [2.45, 2.75) is 20.0 Å². The van der Waals surface area contributed by atoms with E-state index in [0.29, 0.717) is 16.7 Å². The van der Waals surface area contributed by atoms with E-state index in [-0.39, 0.29) is 6.10 Å². The molecule has 2 heterocycles. The Labute approximate surface area is 104 Å². The van der Waals surface area contributed by atoms with Crippen molar-refractivity contribution < 1.29 is 4.74 Å². The third kappa shape index (κ3) is 2.45. The van der Waals surface area contributed by atoms with Gasteiger partial charge in [-0.05, 0) is 26.0 Å². The minimum absolute atomic E-state index is 0.0217. The molecule has 0 radical (unpaired) electrons. The molecule has 2 rings (SSSR count). The molecule has 17 heavy (non-hydrogen) atoms. The highest BCUT2D eigenvalue weighted by atomic mass is 35.5. The molecule has 0 fully saturated rings. The lowest BCUT2D eigenvalue weighted by molar-refractivity contribution is 0.236. The number of rotatable bonds is 2. The molecule has 2 aromatic rings. The SMILES string of the molecule is CC(C)Oc1nc(C#N)cc2cnc(Cl)cc12. The van der Waals surface area contributed by atoms with E-state index in [1.807, 2.05) is 19.9 Å². The van der Waals surface area contributed by atoms with E-state index in [0.717, 1.165) is 10.8 Å². The summed E-state index contributed by atoms with van der Waals surface area (Å²) in [5.74, 6) is 0.415. The summed E-state index contributed by atoms with van der Waals surface area (Å²) >= 11 is 5.84. The van der Waals surface area contributed by atoms with Crippen molar-refractivity contribution in [3.8, 4) is 11.9 Å². The van der Waals surface area contributed by atoms with Gasteiger partial charge in [0.15, 0.2) is 0 Å². The Morgan fingerprint density at radius 2 is 2.18 bits per heavy atom. The number of aromatic nitrogens is 2. The van der Waals surface area contributed by atoms with Gasteiger partial charge in [0.05, 0.1) is 6.10 Å². The summed E-state index contributed by atoms with van der Waals surface area (Å²) in [6.07, 6.45) is 1.58. The first-order chi connectivity index (χ1) is 8.10. The number of halogens is 1. The molecule has 0 aliphatic heterocycles. The minimum Gasteiger partial charge on any atom is -0.474 e. The van der Waals surface area contributed by atoms with Crippen LogP contribution in [0, 0.1) is 11.3 Å². The van der Waals surface area contributed by atoms with Gasteiger partial charge in [0.25, 0.3) is 0 Å². The Morgan fingerprint density at radius 3 is 2.82 bits per heavy atom. The smallest absolute Gasteiger partial charge is 0.223 e. The van der Waals surface area contributed by atoms with Crippen molar-refractivity contribution in [2.75, 3.05) is 0 Å². The van der Waals surface area contributed by atoms with E-state index in [1.165, 1.54) is 0 Å². The summed E-state index contributed by atoms with van der Waals surface area (Å²) < 4.78 is 5.58. The average Bonchev–Trinajstić information content (AvgIpc) is 2.28. The Kier molecular flexibility index (Phi) is 3.12. The van der Waals surface area contributed by atoms with Gasteiger partial charge in [-0.1, -0.05) is 11.6 Å². The zero-order chi connectivity index (χ0) is 12.4. The maximum Gasteiger partial charge on any atom is 0.223 e. The minimum atomic E-state index is -0.0217. The molecule has 5 heteroatoms. The summed E-state index contributed by atoms with van der Waals surface area (Å²) in [4.78, 5) is 8.11. The molecule has 0 unspecified atom stereocenters. The van der Waals surface area contributed by atoms with Crippen LogP contribution >= 0.6 is 11.6 Å². The third-order valence-electron chi connectivity index (χ3n) is 2.11. The van der Waals surface area contributed by atoms with Crippen LogP contribution in [-0.4, -0.2) is 16.1 Å². The van der Waals surface area contributed by atoms with E-state index in [9.17, 15) is 0 Å². The first kappa shape index (κ1) is 11.6. The molecule has 0 saturated carbocycles. The summed E-state index contributed by atoms with van der Waals surface area (Å²) in [7, 11) is 0. The lowest BCUT2D eigenvalue weighted by Gasteiger charge is -2.11. The maximum atomic E-state index is 8.90. The molecule has 86 valence electrons. The normalized spacial score (nSPS) is 10.5. The highest BCUT2D eigenvalue weighted by Crippen LogP contribution is 2.26. The predicted octanol–water partition coefficient (Wildman–Crippen LogP) is 2.94. The molecule has 4 nitrogen and oxygen atoms in total. The largest absolute Gasteiger partial charge is 0.474 e. The third-order valence-corrected chi connectivity index (χ3v) is 2.31. The molecule has 0 spiro atoms. The summed E-state index contributed by atoms with van der Waals surface area (Å²) in [6.45, 7) is 3.80. The van der Waals surface area contributed by atoms with Crippen LogP contribution in [0.2, 0.25) is 5.15 Å². The highest BCUT2D eigenvalue weighted by Gasteiger charge is 2.09. The number of nitriles is 1. The summed E-state index contributed by atoms with van der Waals surface area (Å²) in [5, 5.41) is 10.8. The molecule has 0 N–H and O–H groups in total. The molecule has 0 aliphatic carbocycles. The van der Waals surface area contributed by atoms with Gasteiger partial charge in [-0.3, -0.25) is 0 Å². The van der Waals surface area contributed by atoms with Crippen LogP contribution in [0.15, 0.2) is 18.3 Å².